The van der Waals surface area contributed by atoms with Crippen molar-refractivity contribution in [2.45, 2.75) is 0 Å². The van der Waals surface area contributed by atoms with E-state index in [1.807, 2.05) is 38.2 Å². The van der Waals surface area contributed by atoms with Gasteiger partial charge in [0.25, 0.3) is 0 Å². The maximum absolute atomic E-state index is 2.40. The van der Waals surface area contributed by atoms with Crippen molar-refractivity contribution in [3.63, 3.8) is 0 Å². The molecule has 23 heavy (non-hydrogen) atoms. The van der Waals surface area contributed by atoms with Gasteiger partial charge in [-0.25, -0.2) is 0 Å². The molecule has 0 N–H and O–H groups in total. The van der Waals surface area contributed by atoms with Gasteiger partial charge in [0.15, 0.2) is 0 Å². The number of nitrogens with zero attached hydrogens (tertiary/aromatic N) is 1. The van der Waals surface area contributed by atoms with Gasteiger partial charge in [0, 0.05) is 28.8 Å². The molecule has 0 amide bonds. The van der Waals surface area contributed by atoms with Crippen LogP contribution < -0.4 is 4.90 Å². The summed E-state index contributed by atoms with van der Waals surface area (Å²) in [5.74, 6) is 1.27. The average molecular weight is 457 g/mol. The smallest absolute Gasteiger partial charge is 0.370 e. The first-order valence-electron chi connectivity index (χ1n) is 7.26. The Labute approximate surface area is 166 Å². The molecule has 1 aromatic carbocycles. The van der Waals surface area contributed by atoms with Gasteiger partial charge >= 0.3 is 17.1 Å². The van der Waals surface area contributed by atoms with E-state index in [-0.39, 0.29) is 17.1 Å². The summed E-state index contributed by atoms with van der Waals surface area (Å²) in [5.41, 5.74) is 1.25. The van der Waals surface area contributed by atoms with Crippen molar-refractivity contribution in [2.75, 3.05) is 18.5 Å². The van der Waals surface area contributed by atoms with Crippen LogP contribution >= 0.6 is 22.6 Å². The molecule has 2 aliphatic rings. The molecule has 0 atom stereocenters. The number of para-hydroxylation sites is 1. The summed E-state index contributed by atoms with van der Waals surface area (Å²) < 4.78 is 1.33. The second kappa shape index (κ2) is 12.4. The van der Waals surface area contributed by atoms with Crippen LogP contribution in [0.25, 0.3) is 0 Å². The summed E-state index contributed by atoms with van der Waals surface area (Å²) >= 11 is 2.40. The Morgan fingerprint density at radius 1 is 0.913 bits per heavy atom. The molecule has 2 fully saturated rings. The summed E-state index contributed by atoms with van der Waals surface area (Å²) in [6.07, 6.45) is 20.6. The first-order chi connectivity index (χ1) is 10.8. The number of anilines is 1. The third-order valence-corrected chi connectivity index (χ3v) is 3.81. The summed E-state index contributed by atoms with van der Waals surface area (Å²) in [6.45, 7) is 0.940. The molecule has 3 rings (SSSR count). The van der Waals surface area contributed by atoms with Crippen LogP contribution in [0.15, 0.2) is 40.0 Å². The quantitative estimate of drug-likeness (QED) is 0.461. The van der Waals surface area contributed by atoms with Crippen molar-refractivity contribution in [3.8, 4) is 0 Å². The molecule has 0 heterocycles. The van der Waals surface area contributed by atoms with Crippen LogP contribution in [-0.2, 0) is 17.1 Å². The third-order valence-electron chi connectivity index (χ3n) is 3.15. The average Bonchev–Trinajstić information content (AvgIpc) is 3.24. The molecule has 0 spiro atoms. The predicted molar refractivity (Wildman–Crippen MR) is 104 cm³/mol. The van der Waals surface area contributed by atoms with Gasteiger partial charge in [0.05, 0.1) is 0 Å². The molecule has 1 nitrogen and oxygen atoms in total. The number of hydrogen-bond acceptors (Lipinski definition) is 1. The second-order valence-electron chi connectivity index (χ2n) is 4.96. The normalized spacial score (nSPS) is 18.1. The number of hydrogen-bond donors (Lipinski definition) is 0. The molecule has 0 bridgehead atoms. The summed E-state index contributed by atoms with van der Waals surface area (Å²) in [5, 5.41) is 0. The van der Waals surface area contributed by atoms with E-state index in [9.17, 15) is 0 Å². The fourth-order valence-electron chi connectivity index (χ4n) is 2.03. The van der Waals surface area contributed by atoms with E-state index < -0.39 is 0 Å². The van der Waals surface area contributed by atoms with Crippen LogP contribution in [0.4, 0.5) is 5.69 Å². The Bertz CT molecular complexity index is 429. The van der Waals surface area contributed by atoms with E-state index in [1.54, 1.807) is 0 Å². The minimum absolute atomic E-state index is 0. The van der Waals surface area contributed by atoms with Crippen molar-refractivity contribution in [2.24, 2.45) is 0 Å². The maximum atomic E-state index is 2.40. The number of benzene rings is 1. The predicted octanol–water partition coefficient (Wildman–Crippen LogP) is 4.87. The van der Waals surface area contributed by atoms with Gasteiger partial charge in [0.2, 0.25) is 0 Å². The number of halogens is 1. The molecule has 118 valence electrons. The zero-order chi connectivity index (χ0) is 15.6. The summed E-state index contributed by atoms with van der Waals surface area (Å²) in [7, 11) is 2.12. The first-order valence-corrected chi connectivity index (χ1v) is 8.34. The number of allylic oxidation sites excluding steroid dienone is 1. The Hall–Kier alpha value is 0.00948. The molecule has 2 aliphatic carbocycles. The topological polar surface area (TPSA) is 3.24 Å². The molecule has 0 unspecified atom stereocenters. The van der Waals surface area contributed by atoms with E-state index >= 15 is 0 Å². The van der Waals surface area contributed by atoms with Gasteiger partial charge in [-0.15, -0.1) is 0 Å². The Morgan fingerprint density at radius 3 is 1.96 bits per heavy atom. The molecule has 0 aromatic heterocycles. The van der Waals surface area contributed by atoms with E-state index in [0.29, 0.717) is 0 Å². The number of rotatable bonds is 4. The van der Waals surface area contributed by atoms with Gasteiger partial charge in [-0.1, -0.05) is 24.3 Å². The van der Waals surface area contributed by atoms with Crippen molar-refractivity contribution < 1.29 is 17.1 Å². The fraction of sp³-hybridized carbons (Fsp3) is 0.100. The van der Waals surface area contributed by atoms with Crippen molar-refractivity contribution in [1.82, 2.24) is 0 Å². The van der Waals surface area contributed by atoms with Crippen molar-refractivity contribution >= 4 is 28.3 Å². The van der Waals surface area contributed by atoms with Crippen LogP contribution in [0.3, 0.4) is 0 Å². The van der Waals surface area contributed by atoms with E-state index in [1.165, 1.54) is 15.2 Å². The van der Waals surface area contributed by atoms with E-state index in [2.05, 4.69) is 90.6 Å². The minimum atomic E-state index is 0. The fourth-order valence-corrected chi connectivity index (χ4v) is 2.90. The van der Waals surface area contributed by atoms with E-state index in [0.717, 1.165) is 6.54 Å². The molecule has 1 aromatic rings. The standard InChI is InChI=1S/C15H15IN.C5H5.Fe/c1-17(15-9-3-2-4-10-15)12-14(16)11-13-7-5-6-8-13;1-2-4-5-3-1;/h2-11H,12H2,1H3;1-5H;/q;;+2/b14-11-;;. The van der Waals surface area contributed by atoms with Crippen LogP contribution in [0.5, 0.6) is 0 Å². The van der Waals surface area contributed by atoms with Crippen LogP contribution in [0, 0.1) is 63.7 Å². The second-order valence-corrected chi connectivity index (χ2v) is 6.35. The van der Waals surface area contributed by atoms with Gasteiger partial charge in [-0.05, 0) is 92.5 Å². The van der Waals surface area contributed by atoms with Crippen molar-refractivity contribution in [1.29, 1.82) is 0 Å². The molecule has 3 heteroatoms. The maximum Gasteiger partial charge on any atom is 2.00 e. The molecular weight excluding hydrogens is 437 g/mol. The molecular formula is C20H20FeIN+2. The molecule has 0 saturated heterocycles. The number of likely N-dealkylation sites (N-methyl/N-ethyl adjacent to an activating group) is 1. The van der Waals surface area contributed by atoms with Crippen LogP contribution in [0.2, 0.25) is 0 Å². The van der Waals surface area contributed by atoms with E-state index in [4.69, 9.17) is 0 Å². The van der Waals surface area contributed by atoms with Crippen LogP contribution in [-0.4, -0.2) is 13.6 Å². The Kier molecular flexibility index (Phi) is 11.3. The summed E-state index contributed by atoms with van der Waals surface area (Å²) in [4.78, 5) is 2.25. The molecule has 0 aliphatic heterocycles. The van der Waals surface area contributed by atoms with Crippen LogP contribution in [0.1, 0.15) is 0 Å². The van der Waals surface area contributed by atoms with Gasteiger partial charge in [0.1, 0.15) is 0 Å². The monoisotopic (exact) mass is 457 g/mol. The summed E-state index contributed by atoms with van der Waals surface area (Å²) in [6, 6.07) is 10.4. The SMILES string of the molecule is CN(C/C(I)=C/[C]1[CH][CH][CH][CH]1)c1ccccc1.[CH]1[CH][CH][CH][CH]1.[Fe+2]. The largest absolute Gasteiger partial charge is 2.00 e. The van der Waals surface area contributed by atoms with Gasteiger partial charge < -0.3 is 4.90 Å². The van der Waals surface area contributed by atoms with Crippen molar-refractivity contribution in [3.05, 3.63) is 104 Å². The molecule has 10 radical (unpaired) electrons. The Morgan fingerprint density at radius 2 is 1.43 bits per heavy atom. The van der Waals surface area contributed by atoms with Gasteiger partial charge in [-0.3, -0.25) is 0 Å². The third kappa shape index (κ3) is 8.60. The zero-order valence-corrected chi connectivity index (χ0v) is 16.3. The van der Waals surface area contributed by atoms with Gasteiger partial charge in [-0.2, -0.15) is 0 Å². The minimum Gasteiger partial charge on any atom is -0.370 e. The molecule has 2 saturated carbocycles. The zero-order valence-electron chi connectivity index (χ0n) is 13.0. The first kappa shape index (κ1) is 21.1. The Balaban J connectivity index is 0.000000377.